The Morgan fingerprint density at radius 2 is 1.77 bits per heavy atom. The maximum absolute atomic E-state index is 13.2. The number of fused-ring (bicyclic) bond motifs is 1. The molecule has 0 radical (unpaired) electrons. The van der Waals surface area contributed by atoms with Crippen molar-refractivity contribution >= 4 is 55.6 Å². The second kappa shape index (κ2) is 9.62. The number of anilines is 1. The molecule has 1 fully saturated rings. The summed E-state index contributed by atoms with van der Waals surface area (Å²) in [6.07, 6.45) is 1.17. The first-order valence-electron chi connectivity index (χ1n) is 11.1. The first-order chi connectivity index (χ1) is 16.8. The van der Waals surface area contributed by atoms with Crippen LogP contribution in [0.3, 0.4) is 0 Å². The van der Waals surface area contributed by atoms with Gasteiger partial charge in [0.1, 0.15) is 4.21 Å². The zero-order chi connectivity index (χ0) is 24.6. The Morgan fingerprint density at radius 1 is 1.06 bits per heavy atom. The summed E-state index contributed by atoms with van der Waals surface area (Å²) in [6, 6.07) is 17.5. The lowest BCUT2D eigenvalue weighted by molar-refractivity contribution is -0.115. The zero-order valence-corrected chi connectivity index (χ0v) is 21.0. The van der Waals surface area contributed by atoms with Gasteiger partial charge in [-0.1, -0.05) is 23.7 Å². The van der Waals surface area contributed by atoms with Gasteiger partial charge in [-0.3, -0.25) is 9.36 Å². The number of nitrogens with one attached hydrogen (secondary N) is 2. The number of amides is 1. The molecule has 8 nitrogen and oxygen atoms in total. The summed E-state index contributed by atoms with van der Waals surface area (Å²) < 4.78 is 29.9. The molecule has 0 atom stereocenters. The Labute approximate surface area is 211 Å². The van der Waals surface area contributed by atoms with E-state index in [9.17, 15) is 18.0 Å². The van der Waals surface area contributed by atoms with E-state index in [4.69, 9.17) is 11.6 Å². The predicted octanol–water partition coefficient (Wildman–Crippen LogP) is 4.25. The van der Waals surface area contributed by atoms with Gasteiger partial charge in [0.05, 0.1) is 17.5 Å². The summed E-state index contributed by atoms with van der Waals surface area (Å²) in [5.41, 5.74) is 2.06. The minimum absolute atomic E-state index is 0.0689. The highest BCUT2D eigenvalue weighted by molar-refractivity contribution is 7.91. The molecule has 4 aromatic rings. The number of sulfonamides is 1. The predicted molar refractivity (Wildman–Crippen MR) is 138 cm³/mol. The molecule has 2 N–H and O–H groups in total. The molecule has 1 amide bonds. The van der Waals surface area contributed by atoms with Crippen LogP contribution in [0.25, 0.3) is 11.0 Å². The van der Waals surface area contributed by atoms with Gasteiger partial charge in [0.25, 0.3) is 10.0 Å². The number of benzene rings is 2. The molecular formula is C24H23ClN4O4S2. The van der Waals surface area contributed by atoms with Crippen molar-refractivity contribution in [2.75, 3.05) is 18.4 Å². The molecule has 0 aliphatic carbocycles. The number of thiophene rings is 1. The van der Waals surface area contributed by atoms with Gasteiger partial charge in [0.15, 0.2) is 0 Å². The van der Waals surface area contributed by atoms with Crippen LogP contribution >= 0.6 is 22.9 Å². The minimum atomic E-state index is -3.68. The molecule has 0 spiro atoms. The third kappa shape index (κ3) is 4.92. The van der Waals surface area contributed by atoms with E-state index in [1.54, 1.807) is 41.0 Å². The van der Waals surface area contributed by atoms with Gasteiger partial charge >= 0.3 is 5.69 Å². The minimum Gasteiger partial charge on any atom is -0.326 e. The molecule has 1 saturated heterocycles. The fourth-order valence-corrected chi connectivity index (χ4v) is 7.50. The van der Waals surface area contributed by atoms with E-state index >= 15 is 0 Å². The first kappa shape index (κ1) is 23.8. The SMILES string of the molecule is O=C(Cc1ccc(S(=O)(=O)N2CCC(n3c(=O)[nH]c4ccccc43)CC2)s1)Nc1ccc(Cl)cc1. The lowest BCUT2D eigenvalue weighted by Crippen LogP contribution is -2.40. The number of hydrogen-bond donors (Lipinski definition) is 2. The van der Waals surface area contributed by atoms with Gasteiger partial charge in [-0.05, 0) is 61.4 Å². The number of aromatic nitrogens is 2. The van der Waals surface area contributed by atoms with Crippen molar-refractivity contribution in [3.8, 4) is 0 Å². The number of H-pyrrole nitrogens is 1. The molecule has 3 heterocycles. The summed E-state index contributed by atoms with van der Waals surface area (Å²) in [6.45, 7) is 0.645. The van der Waals surface area contributed by atoms with Crippen LogP contribution in [-0.2, 0) is 21.2 Å². The third-order valence-electron chi connectivity index (χ3n) is 6.11. The molecular weight excluding hydrogens is 508 g/mol. The van der Waals surface area contributed by atoms with Crippen molar-refractivity contribution in [2.24, 2.45) is 0 Å². The number of carbonyl (C=O) groups excluding carboxylic acids is 1. The van der Waals surface area contributed by atoms with E-state index in [0.717, 1.165) is 22.4 Å². The molecule has 2 aromatic heterocycles. The van der Waals surface area contributed by atoms with Gasteiger partial charge in [-0.15, -0.1) is 11.3 Å². The number of aromatic amines is 1. The average Bonchev–Trinajstić information content (AvgIpc) is 3.44. The largest absolute Gasteiger partial charge is 0.326 e. The molecule has 2 aromatic carbocycles. The maximum atomic E-state index is 13.2. The van der Waals surface area contributed by atoms with Crippen molar-refractivity contribution in [1.29, 1.82) is 0 Å². The lowest BCUT2D eigenvalue weighted by atomic mass is 10.1. The maximum Gasteiger partial charge on any atom is 0.326 e. The average molecular weight is 531 g/mol. The summed E-state index contributed by atoms with van der Waals surface area (Å²) >= 11 is 6.97. The van der Waals surface area contributed by atoms with Crippen LogP contribution in [0.2, 0.25) is 5.02 Å². The summed E-state index contributed by atoms with van der Waals surface area (Å²) in [4.78, 5) is 28.4. The number of carbonyl (C=O) groups is 1. The number of halogens is 1. The van der Waals surface area contributed by atoms with Crippen LogP contribution in [0.15, 0.2) is 69.7 Å². The molecule has 1 aliphatic heterocycles. The van der Waals surface area contributed by atoms with Crippen LogP contribution in [0.1, 0.15) is 23.8 Å². The molecule has 0 saturated carbocycles. The van der Waals surface area contributed by atoms with Gasteiger partial charge in [0, 0.05) is 34.7 Å². The quantitative estimate of drug-likeness (QED) is 0.389. The standard InChI is InChI=1S/C24H23ClN4O4S2/c25-16-5-7-17(8-6-16)26-22(30)15-19-9-10-23(34-19)35(32,33)28-13-11-18(12-14-28)29-21-4-2-1-3-20(21)27-24(29)31/h1-10,18H,11-15H2,(H,26,30)(H,27,31). The lowest BCUT2D eigenvalue weighted by Gasteiger charge is -2.31. The summed E-state index contributed by atoms with van der Waals surface area (Å²) in [5.74, 6) is -0.233. The van der Waals surface area contributed by atoms with Crippen LogP contribution in [0.5, 0.6) is 0 Å². The van der Waals surface area contributed by atoms with Crippen molar-refractivity contribution in [3.63, 3.8) is 0 Å². The normalized spacial score (nSPS) is 15.5. The second-order valence-corrected chi connectivity index (χ2v) is 12.2. The van der Waals surface area contributed by atoms with E-state index in [1.165, 1.54) is 4.31 Å². The summed E-state index contributed by atoms with van der Waals surface area (Å²) in [5, 5.41) is 3.36. The fraction of sp³-hybridized carbons (Fsp3) is 0.250. The number of imidazole rings is 1. The van der Waals surface area contributed by atoms with Crippen LogP contribution in [0, 0.1) is 0 Å². The van der Waals surface area contributed by atoms with Crippen LogP contribution in [-0.4, -0.2) is 41.3 Å². The van der Waals surface area contributed by atoms with Gasteiger partial charge < -0.3 is 10.3 Å². The Morgan fingerprint density at radius 3 is 2.51 bits per heavy atom. The van der Waals surface area contributed by atoms with Gasteiger partial charge in [0.2, 0.25) is 5.91 Å². The smallest absolute Gasteiger partial charge is 0.326 e. The number of nitrogens with zero attached hydrogens (tertiary/aromatic N) is 2. The van der Waals surface area contributed by atoms with Crippen molar-refractivity contribution in [1.82, 2.24) is 13.9 Å². The molecule has 11 heteroatoms. The molecule has 0 unspecified atom stereocenters. The number of para-hydroxylation sites is 2. The molecule has 5 rings (SSSR count). The van der Waals surface area contributed by atoms with E-state index in [0.29, 0.717) is 41.5 Å². The number of rotatable bonds is 6. The Bertz CT molecular complexity index is 1530. The first-order valence-corrected chi connectivity index (χ1v) is 13.8. The topological polar surface area (TPSA) is 104 Å². The zero-order valence-electron chi connectivity index (χ0n) is 18.6. The molecule has 35 heavy (non-hydrogen) atoms. The van der Waals surface area contributed by atoms with Gasteiger partial charge in [-0.2, -0.15) is 4.31 Å². The highest BCUT2D eigenvalue weighted by atomic mass is 35.5. The molecule has 1 aliphatic rings. The second-order valence-electron chi connectivity index (χ2n) is 8.41. The van der Waals surface area contributed by atoms with E-state index in [2.05, 4.69) is 10.3 Å². The highest BCUT2D eigenvalue weighted by Crippen LogP contribution is 2.31. The van der Waals surface area contributed by atoms with E-state index in [-0.39, 0.29) is 28.3 Å². The van der Waals surface area contributed by atoms with Crippen molar-refractivity contribution in [2.45, 2.75) is 29.5 Å². The van der Waals surface area contributed by atoms with Crippen molar-refractivity contribution in [3.05, 3.63) is 81.0 Å². The van der Waals surface area contributed by atoms with E-state index in [1.807, 2.05) is 24.3 Å². The van der Waals surface area contributed by atoms with Crippen LogP contribution in [0.4, 0.5) is 5.69 Å². The van der Waals surface area contributed by atoms with E-state index < -0.39 is 10.0 Å². The molecule has 0 bridgehead atoms. The number of hydrogen-bond acceptors (Lipinski definition) is 5. The number of piperidine rings is 1. The monoisotopic (exact) mass is 530 g/mol. The summed E-state index contributed by atoms with van der Waals surface area (Å²) in [7, 11) is -3.68. The van der Waals surface area contributed by atoms with Crippen LogP contribution < -0.4 is 11.0 Å². The fourth-order valence-electron chi connectivity index (χ4n) is 4.39. The van der Waals surface area contributed by atoms with Crippen molar-refractivity contribution < 1.29 is 13.2 Å². The van der Waals surface area contributed by atoms with Gasteiger partial charge in [-0.25, -0.2) is 13.2 Å². The Balaban J connectivity index is 1.23. The molecule has 182 valence electrons. The Kier molecular flexibility index (Phi) is 6.54. The highest BCUT2D eigenvalue weighted by Gasteiger charge is 2.32. The third-order valence-corrected chi connectivity index (χ3v) is 9.81. The Hall–Kier alpha value is -2.92.